The van der Waals surface area contributed by atoms with Crippen molar-refractivity contribution in [3.8, 4) is 0 Å². The van der Waals surface area contributed by atoms with Crippen LogP contribution in [0.4, 0.5) is 5.69 Å². The number of nitrogens with zero attached hydrogens (tertiary/aromatic N) is 4. The first-order valence-corrected chi connectivity index (χ1v) is 7.03. The number of benzene rings is 1. The summed E-state index contributed by atoms with van der Waals surface area (Å²) in [6.07, 6.45) is 1.42. The molecule has 0 fully saturated rings. The maximum absolute atomic E-state index is 11.1. The minimum atomic E-state index is -0.491. The van der Waals surface area contributed by atoms with Gasteiger partial charge in [0.2, 0.25) is 0 Å². The molecule has 6 nitrogen and oxygen atoms in total. The van der Waals surface area contributed by atoms with Gasteiger partial charge in [0.15, 0.2) is 5.03 Å². The van der Waals surface area contributed by atoms with E-state index >= 15 is 0 Å². The molecule has 21 heavy (non-hydrogen) atoms. The van der Waals surface area contributed by atoms with E-state index < -0.39 is 4.92 Å². The summed E-state index contributed by atoms with van der Waals surface area (Å²) in [6, 6.07) is 10.2. The summed E-state index contributed by atoms with van der Waals surface area (Å²) < 4.78 is 0. The summed E-state index contributed by atoms with van der Waals surface area (Å²) in [5.41, 5.74) is 0.659. The first-order chi connectivity index (χ1) is 10.1. The maximum Gasteiger partial charge on any atom is 0.301 e. The van der Waals surface area contributed by atoms with Gasteiger partial charge in [0, 0.05) is 11.5 Å². The molecule has 0 radical (unpaired) electrons. The smallest absolute Gasteiger partial charge is 0.258 e. The number of para-hydroxylation sites is 1. The molecular formula is C13H7ClN4O2S. The predicted molar refractivity (Wildman–Crippen MR) is 79.6 cm³/mol. The van der Waals surface area contributed by atoms with E-state index in [1.807, 2.05) is 24.3 Å². The van der Waals surface area contributed by atoms with E-state index in [-0.39, 0.29) is 15.9 Å². The predicted octanol–water partition coefficient (Wildman–Crippen LogP) is 3.74. The normalized spacial score (nSPS) is 10.7. The summed E-state index contributed by atoms with van der Waals surface area (Å²) in [5.74, 6) is 0. The molecule has 0 unspecified atom stereocenters. The maximum atomic E-state index is 11.1. The molecule has 2 heterocycles. The standard InChI is InChI=1S/C13H7ClN4O2S/c14-11-6-5-10(18(19)20)13(17-11)21-12-8-3-1-2-4-9(8)15-7-16-12/h1-7H. The first-order valence-electron chi connectivity index (χ1n) is 5.83. The van der Waals surface area contributed by atoms with E-state index in [9.17, 15) is 10.1 Å². The minimum absolute atomic E-state index is 0.105. The highest BCUT2D eigenvalue weighted by atomic mass is 35.5. The second-order valence-electron chi connectivity index (χ2n) is 4.01. The third-order valence-corrected chi connectivity index (χ3v) is 3.93. The van der Waals surface area contributed by atoms with Crippen molar-refractivity contribution in [1.82, 2.24) is 15.0 Å². The Morgan fingerprint density at radius 1 is 1.10 bits per heavy atom. The molecule has 8 heteroatoms. The average molecular weight is 319 g/mol. The van der Waals surface area contributed by atoms with Gasteiger partial charge in [0.1, 0.15) is 16.5 Å². The lowest BCUT2D eigenvalue weighted by Crippen LogP contribution is -1.94. The third kappa shape index (κ3) is 2.79. The van der Waals surface area contributed by atoms with Crippen LogP contribution in [0, 0.1) is 10.1 Å². The van der Waals surface area contributed by atoms with Crippen LogP contribution < -0.4 is 0 Å². The van der Waals surface area contributed by atoms with E-state index in [4.69, 9.17) is 11.6 Å². The molecule has 1 aromatic carbocycles. The van der Waals surface area contributed by atoms with Crippen molar-refractivity contribution >= 4 is 40.0 Å². The van der Waals surface area contributed by atoms with Gasteiger partial charge in [-0.25, -0.2) is 15.0 Å². The number of hydrogen-bond acceptors (Lipinski definition) is 6. The molecule has 0 spiro atoms. The van der Waals surface area contributed by atoms with Crippen molar-refractivity contribution in [1.29, 1.82) is 0 Å². The lowest BCUT2D eigenvalue weighted by atomic mass is 10.2. The Morgan fingerprint density at radius 3 is 2.71 bits per heavy atom. The molecule has 0 N–H and O–H groups in total. The Balaban J connectivity index is 2.11. The Hall–Kier alpha value is -2.25. The minimum Gasteiger partial charge on any atom is -0.258 e. The fourth-order valence-electron chi connectivity index (χ4n) is 1.78. The van der Waals surface area contributed by atoms with E-state index in [0.29, 0.717) is 5.03 Å². The fraction of sp³-hybridized carbons (Fsp3) is 0. The SMILES string of the molecule is O=[N+]([O-])c1ccc(Cl)nc1Sc1ncnc2ccccc12. The molecule has 0 aliphatic heterocycles. The van der Waals surface area contributed by atoms with Crippen LogP contribution in [0.25, 0.3) is 10.9 Å². The lowest BCUT2D eigenvalue weighted by molar-refractivity contribution is -0.388. The second kappa shape index (κ2) is 5.63. The molecule has 0 aliphatic rings. The van der Waals surface area contributed by atoms with Crippen molar-refractivity contribution in [2.75, 3.05) is 0 Å². The van der Waals surface area contributed by atoms with Crippen LogP contribution in [0.2, 0.25) is 5.15 Å². The van der Waals surface area contributed by atoms with Crippen molar-refractivity contribution in [2.45, 2.75) is 10.1 Å². The number of nitro groups is 1. The molecular weight excluding hydrogens is 312 g/mol. The van der Waals surface area contributed by atoms with Gasteiger partial charge in [-0.3, -0.25) is 10.1 Å². The Bertz CT molecular complexity index is 838. The third-order valence-electron chi connectivity index (χ3n) is 2.70. The van der Waals surface area contributed by atoms with Gasteiger partial charge in [0.05, 0.1) is 10.4 Å². The van der Waals surface area contributed by atoms with Crippen LogP contribution in [0.3, 0.4) is 0 Å². The van der Waals surface area contributed by atoms with Crippen molar-refractivity contribution < 1.29 is 4.92 Å². The van der Waals surface area contributed by atoms with Crippen LogP contribution in [0.15, 0.2) is 52.8 Å². The summed E-state index contributed by atoms with van der Waals surface area (Å²) in [4.78, 5) is 22.9. The molecule has 0 aliphatic carbocycles. The monoisotopic (exact) mass is 318 g/mol. The number of hydrogen-bond donors (Lipinski definition) is 0. The number of fused-ring (bicyclic) bond motifs is 1. The summed E-state index contributed by atoms with van der Waals surface area (Å²) in [6.45, 7) is 0. The van der Waals surface area contributed by atoms with Crippen LogP contribution in [0.5, 0.6) is 0 Å². The van der Waals surface area contributed by atoms with Gasteiger partial charge in [-0.1, -0.05) is 29.8 Å². The van der Waals surface area contributed by atoms with Gasteiger partial charge in [0.25, 0.3) is 0 Å². The van der Waals surface area contributed by atoms with E-state index in [2.05, 4.69) is 15.0 Å². The van der Waals surface area contributed by atoms with Crippen LogP contribution in [0.1, 0.15) is 0 Å². The van der Waals surface area contributed by atoms with Gasteiger partial charge in [-0.05, 0) is 23.9 Å². The highest BCUT2D eigenvalue weighted by molar-refractivity contribution is 7.99. The lowest BCUT2D eigenvalue weighted by Gasteiger charge is -2.04. The van der Waals surface area contributed by atoms with E-state index in [0.717, 1.165) is 22.7 Å². The number of halogens is 1. The number of rotatable bonds is 3. The zero-order chi connectivity index (χ0) is 14.8. The molecule has 0 amide bonds. The van der Waals surface area contributed by atoms with Crippen molar-refractivity contribution in [2.24, 2.45) is 0 Å². The Kier molecular flexibility index (Phi) is 3.68. The van der Waals surface area contributed by atoms with Gasteiger partial charge < -0.3 is 0 Å². The average Bonchev–Trinajstić information content (AvgIpc) is 2.47. The van der Waals surface area contributed by atoms with E-state index in [1.165, 1.54) is 18.5 Å². The first kappa shape index (κ1) is 13.7. The zero-order valence-electron chi connectivity index (χ0n) is 10.4. The molecule has 2 aromatic heterocycles. The molecule has 0 saturated heterocycles. The van der Waals surface area contributed by atoms with Crippen LogP contribution >= 0.6 is 23.4 Å². The van der Waals surface area contributed by atoms with Gasteiger partial charge in [-0.15, -0.1) is 0 Å². The molecule has 3 aromatic rings. The number of aromatic nitrogens is 3. The molecule has 0 atom stereocenters. The van der Waals surface area contributed by atoms with Gasteiger partial charge >= 0.3 is 5.69 Å². The topological polar surface area (TPSA) is 81.8 Å². The molecule has 104 valence electrons. The Morgan fingerprint density at radius 2 is 1.90 bits per heavy atom. The van der Waals surface area contributed by atoms with Crippen LogP contribution in [-0.4, -0.2) is 19.9 Å². The van der Waals surface area contributed by atoms with E-state index in [1.54, 1.807) is 0 Å². The number of pyridine rings is 1. The largest absolute Gasteiger partial charge is 0.301 e. The summed E-state index contributed by atoms with van der Waals surface area (Å²) in [5, 5.41) is 12.9. The highest BCUT2D eigenvalue weighted by Gasteiger charge is 2.18. The molecule has 0 saturated carbocycles. The molecule has 3 rings (SSSR count). The van der Waals surface area contributed by atoms with Crippen molar-refractivity contribution in [3.05, 3.63) is 58.0 Å². The summed E-state index contributed by atoms with van der Waals surface area (Å²) >= 11 is 6.92. The highest BCUT2D eigenvalue weighted by Crippen LogP contribution is 2.35. The molecule has 0 bridgehead atoms. The summed E-state index contributed by atoms with van der Waals surface area (Å²) in [7, 11) is 0. The quantitative estimate of drug-likeness (QED) is 0.317. The second-order valence-corrected chi connectivity index (χ2v) is 5.38. The van der Waals surface area contributed by atoms with Crippen LogP contribution in [-0.2, 0) is 0 Å². The Labute approximate surface area is 128 Å². The van der Waals surface area contributed by atoms with Crippen molar-refractivity contribution in [3.63, 3.8) is 0 Å². The fourth-order valence-corrected chi connectivity index (χ4v) is 2.93. The van der Waals surface area contributed by atoms with Gasteiger partial charge in [-0.2, -0.15) is 0 Å². The zero-order valence-corrected chi connectivity index (χ0v) is 12.0.